The van der Waals surface area contributed by atoms with Gasteiger partial charge < -0.3 is 19.4 Å². The second-order valence-corrected chi connectivity index (χ2v) is 8.88. The number of carbonyl (C=O) groups excluding carboxylic acids is 2. The lowest BCUT2D eigenvalue weighted by atomic mass is 10.0. The van der Waals surface area contributed by atoms with Crippen LogP contribution >= 0.6 is 23.2 Å². The summed E-state index contributed by atoms with van der Waals surface area (Å²) in [6.07, 6.45) is 1.91. The van der Waals surface area contributed by atoms with Crippen molar-refractivity contribution in [2.75, 3.05) is 13.7 Å². The Kier molecular flexibility index (Phi) is 7.63. The van der Waals surface area contributed by atoms with Crippen LogP contribution in [-0.4, -0.2) is 30.2 Å². The quantitative estimate of drug-likeness (QED) is 0.282. The number of benzene rings is 3. The number of esters is 1. The summed E-state index contributed by atoms with van der Waals surface area (Å²) in [4.78, 5) is 25.0. The molecule has 0 aliphatic carbocycles. The van der Waals surface area contributed by atoms with E-state index in [1.54, 1.807) is 42.5 Å². The molecule has 0 radical (unpaired) electrons. The fourth-order valence-corrected chi connectivity index (χ4v) is 4.20. The molecule has 4 rings (SSSR count). The van der Waals surface area contributed by atoms with Gasteiger partial charge in [-0.25, -0.2) is 4.79 Å². The van der Waals surface area contributed by atoms with Crippen LogP contribution in [-0.2, 0) is 11.3 Å². The highest BCUT2D eigenvalue weighted by molar-refractivity contribution is 6.32. The van der Waals surface area contributed by atoms with E-state index >= 15 is 0 Å². The van der Waals surface area contributed by atoms with Gasteiger partial charge in [-0.2, -0.15) is 0 Å². The van der Waals surface area contributed by atoms with E-state index in [9.17, 15) is 9.59 Å². The second kappa shape index (κ2) is 10.8. The Hall–Kier alpha value is -3.48. The summed E-state index contributed by atoms with van der Waals surface area (Å²) < 4.78 is 12.5. The lowest BCUT2D eigenvalue weighted by Crippen LogP contribution is -2.27. The number of nitrogens with one attached hydrogen (secondary N) is 1. The summed E-state index contributed by atoms with van der Waals surface area (Å²) in [6, 6.07) is 19.2. The maximum atomic E-state index is 13.3. The molecule has 8 heteroatoms. The average molecular weight is 511 g/mol. The number of nitrogens with zero attached hydrogens (tertiary/aromatic N) is 1. The predicted octanol–water partition coefficient (Wildman–Crippen LogP) is 6.30. The number of fused-ring (bicyclic) bond motifs is 1. The van der Waals surface area contributed by atoms with Crippen molar-refractivity contribution in [3.05, 3.63) is 99.7 Å². The number of hydrogen-bond donors (Lipinski definition) is 1. The molecule has 0 fully saturated rings. The second-order valence-electron chi connectivity index (χ2n) is 8.01. The maximum Gasteiger partial charge on any atom is 0.337 e. The molecule has 0 spiro atoms. The molecule has 0 saturated carbocycles. The third kappa shape index (κ3) is 5.78. The van der Waals surface area contributed by atoms with Crippen molar-refractivity contribution in [3.8, 4) is 5.75 Å². The van der Waals surface area contributed by atoms with Crippen molar-refractivity contribution >= 4 is 46.0 Å². The van der Waals surface area contributed by atoms with Crippen LogP contribution in [0.25, 0.3) is 10.9 Å². The number of rotatable bonds is 8. The van der Waals surface area contributed by atoms with E-state index in [2.05, 4.69) is 5.32 Å². The van der Waals surface area contributed by atoms with Gasteiger partial charge in [-0.05, 0) is 67.1 Å². The van der Waals surface area contributed by atoms with E-state index in [0.29, 0.717) is 34.3 Å². The first-order valence-corrected chi connectivity index (χ1v) is 11.8. The van der Waals surface area contributed by atoms with Gasteiger partial charge in [0.05, 0.1) is 36.3 Å². The zero-order valence-corrected chi connectivity index (χ0v) is 20.8. The van der Waals surface area contributed by atoms with Crippen molar-refractivity contribution in [3.63, 3.8) is 0 Å². The number of carbonyl (C=O) groups is 2. The molecule has 0 aliphatic heterocycles. The zero-order valence-electron chi connectivity index (χ0n) is 19.3. The Morgan fingerprint density at radius 2 is 1.69 bits per heavy atom. The number of methoxy groups -OCH3 is 1. The molecule has 1 atom stereocenters. The van der Waals surface area contributed by atoms with Crippen LogP contribution in [0.15, 0.2) is 72.9 Å². The first-order chi connectivity index (χ1) is 16.9. The lowest BCUT2D eigenvalue weighted by molar-refractivity contribution is 0.0600. The summed E-state index contributed by atoms with van der Waals surface area (Å²) in [5, 5.41) is 5.02. The molecular weight excluding hydrogens is 487 g/mol. The molecule has 3 aromatic carbocycles. The maximum absolute atomic E-state index is 13.3. The smallest absolute Gasteiger partial charge is 0.337 e. The van der Waals surface area contributed by atoms with E-state index < -0.39 is 5.97 Å². The van der Waals surface area contributed by atoms with Gasteiger partial charge in [0.15, 0.2) is 0 Å². The summed E-state index contributed by atoms with van der Waals surface area (Å²) in [5.41, 5.74) is 2.56. The molecule has 0 saturated heterocycles. The lowest BCUT2D eigenvalue weighted by Gasteiger charge is -2.17. The first kappa shape index (κ1) is 24.6. The highest BCUT2D eigenvalue weighted by Crippen LogP contribution is 2.26. The van der Waals surface area contributed by atoms with E-state index in [1.807, 2.05) is 42.0 Å². The Balaban J connectivity index is 1.51. The zero-order chi connectivity index (χ0) is 24.9. The first-order valence-electron chi connectivity index (χ1n) is 11.0. The summed E-state index contributed by atoms with van der Waals surface area (Å²) in [5.74, 6) is 0.0647. The van der Waals surface area contributed by atoms with E-state index in [1.165, 1.54) is 7.11 Å². The van der Waals surface area contributed by atoms with Crippen LogP contribution in [0.2, 0.25) is 10.0 Å². The van der Waals surface area contributed by atoms with Crippen LogP contribution < -0.4 is 10.1 Å². The molecule has 4 aromatic rings. The van der Waals surface area contributed by atoms with Crippen molar-refractivity contribution in [1.29, 1.82) is 0 Å². The van der Waals surface area contributed by atoms with E-state index in [0.717, 1.165) is 22.2 Å². The highest BCUT2D eigenvalue weighted by atomic mass is 35.5. The minimum Gasteiger partial charge on any atom is -0.492 e. The third-order valence-electron chi connectivity index (χ3n) is 5.66. The fraction of sp³-hybridized carbons (Fsp3) is 0.185. The summed E-state index contributed by atoms with van der Waals surface area (Å²) >= 11 is 12.2. The van der Waals surface area contributed by atoms with Gasteiger partial charge in [0, 0.05) is 21.6 Å². The molecule has 0 aliphatic rings. The number of ether oxygens (including phenoxy) is 2. The molecule has 1 N–H and O–H groups in total. The van der Waals surface area contributed by atoms with E-state index in [4.69, 9.17) is 32.7 Å². The normalized spacial score (nSPS) is 11.8. The molecule has 180 valence electrons. The predicted molar refractivity (Wildman–Crippen MR) is 138 cm³/mol. The van der Waals surface area contributed by atoms with Crippen LogP contribution in [0.1, 0.15) is 39.2 Å². The largest absolute Gasteiger partial charge is 0.492 e. The Labute approximate surface area is 213 Å². The molecule has 1 heterocycles. The van der Waals surface area contributed by atoms with Gasteiger partial charge in [0.25, 0.3) is 5.91 Å². The molecule has 0 unspecified atom stereocenters. The summed E-state index contributed by atoms with van der Waals surface area (Å²) in [6.45, 7) is 2.84. The molecule has 1 aromatic heterocycles. The Bertz CT molecular complexity index is 1350. The number of halogens is 2. The molecule has 6 nitrogen and oxygen atoms in total. The van der Waals surface area contributed by atoms with E-state index in [-0.39, 0.29) is 11.9 Å². The summed E-state index contributed by atoms with van der Waals surface area (Å²) in [7, 11) is 1.34. The minimum atomic E-state index is -0.407. The topological polar surface area (TPSA) is 69.6 Å². The van der Waals surface area contributed by atoms with Crippen LogP contribution in [0.3, 0.4) is 0 Å². The molecule has 1 amide bonds. The van der Waals surface area contributed by atoms with Gasteiger partial charge >= 0.3 is 5.97 Å². The van der Waals surface area contributed by atoms with Gasteiger partial charge in [-0.1, -0.05) is 35.3 Å². The van der Waals surface area contributed by atoms with Crippen molar-refractivity contribution in [2.45, 2.75) is 19.5 Å². The van der Waals surface area contributed by atoms with Crippen molar-refractivity contribution < 1.29 is 19.1 Å². The van der Waals surface area contributed by atoms with Crippen LogP contribution in [0.5, 0.6) is 5.75 Å². The standard InChI is InChI=1S/C27H24Cl2N2O4/c1-17(18-3-5-19(6-4-18)27(33)34-2)30-26(32)24-16-22(29)15-20-11-12-31(25(20)24)13-14-35-23-9-7-21(28)8-10-23/h3-12,15-17H,13-14H2,1-2H3,(H,30,32)/t17-/m0/s1. The van der Waals surface area contributed by atoms with Gasteiger partial charge in [0.1, 0.15) is 12.4 Å². The number of amides is 1. The SMILES string of the molecule is COC(=O)c1ccc([C@H](C)NC(=O)c2cc(Cl)cc3ccn(CCOc4ccc(Cl)cc4)c23)cc1. The van der Waals surface area contributed by atoms with Crippen molar-refractivity contribution in [1.82, 2.24) is 9.88 Å². The third-order valence-corrected chi connectivity index (χ3v) is 6.13. The monoisotopic (exact) mass is 510 g/mol. The number of hydrogen-bond acceptors (Lipinski definition) is 4. The molecule has 0 bridgehead atoms. The molecule has 35 heavy (non-hydrogen) atoms. The van der Waals surface area contributed by atoms with Crippen LogP contribution in [0, 0.1) is 0 Å². The fourth-order valence-electron chi connectivity index (χ4n) is 3.85. The Morgan fingerprint density at radius 1 is 0.971 bits per heavy atom. The molecular formula is C27H24Cl2N2O4. The van der Waals surface area contributed by atoms with Gasteiger partial charge in [0.2, 0.25) is 0 Å². The average Bonchev–Trinajstić information content (AvgIpc) is 3.26. The van der Waals surface area contributed by atoms with Gasteiger partial charge in [-0.15, -0.1) is 0 Å². The minimum absolute atomic E-state index is 0.249. The Morgan fingerprint density at radius 3 is 2.37 bits per heavy atom. The van der Waals surface area contributed by atoms with Crippen molar-refractivity contribution in [2.24, 2.45) is 0 Å². The van der Waals surface area contributed by atoms with Crippen LogP contribution in [0.4, 0.5) is 0 Å². The number of aromatic nitrogens is 1. The highest BCUT2D eigenvalue weighted by Gasteiger charge is 2.18. The van der Waals surface area contributed by atoms with Gasteiger partial charge in [-0.3, -0.25) is 4.79 Å².